The summed E-state index contributed by atoms with van der Waals surface area (Å²) in [6.45, 7) is 1.72. The molecule has 1 fully saturated rings. The zero-order valence-electron chi connectivity index (χ0n) is 20.7. The summed E-state index contributed by atoms with van der Waals surface area (Å²) in [4.78, 5) is 35.7. The summed E-state index contributed by atoms with van der Waals surface area (Å²) < 4.78 is 23.5. The fraction of sp³-hybridized carbons (Fsp3) is 0.370. The minimum atomic E-state index is -4.31. The molecule has 5 rings (SSSR count). The van der Waals surface area contributed by atoms with Crippen LogP contribution in [0.15, 0.2) is 60.9 Å². The predicted octanol–water partition coefficient (Wildman–Crippen LogP) is 4.56. The first kappa shape index (κ1) is 25.5. The topological polar surface area (TPSA) is 118 Å². The first-order valence-corrected chi connectivity index (χ1v) is 14.1. The molecule has 10 heteroatoms. The van der Waals surface area contributed by atoms with Gasteiger partial charge in [0.25, 0.3) is 0 Å². The zero-order valence-corrected chi connectivity index (χ0v) is 21.6. The number of para-hydroxylation sites is 2. The van der Waals surface area contributed by atoms with E-state index in [-0.39, 0.29) is 19.1 Å². The molecule has 1 aliphatic heterocycles. The third kappa shape index (κ3) is 5.91. The fourth-order valence-corrected chi connectivity index (χ4v) is 5.89. The number of aromatic nitrogens is 3. The summed E-state index contributed by atoms with van der Waals surface area (Å²) in [5.41, 5.74) is 1.55. The summed E-state index contributed by atoms with van der Waals surface area (Å²) >= 11 is 0. The number of hydrogen-bond donors (Lipinski definition) is 2. The number of ether oxygens (including phenoxy) is 2. The SMILES string of the molecule is COc1cccc2c(N3CCC(CC(COCc4ccc5ccccc5n4)P(=O)(O)O)CC3)ncnc12. The molecular formula is C27H31N4O5P. The molecule has 1 unspecified atom stereocenters. The fourth-order valence-electron chi connectivity index (χ4n) is 5.02. The van der Waals surface area contributed by atoms with Crippen LogP contribution >= 0.6 is 7.60 Å². The third-order valence-electron chi connectivity index (χ3n) is 7.04. The Labute approximate surface area is 215 Å². The number of pyridine rings is 1. The highest BCUT2D eigenvalue weighted by molar-refractivity contribution is 7.52. The molecule has 194 valence electrons. The summed E-state index contributed by atoms with van der Waals surface area (Å²) in [7, 11) is -2.68. The lowest BCUT2D eigenvalue weighted by molar-refractivity contribution is 0.106. The molecule has 0 saturated carbocycles. The highest BCUT2D eigenvalue weighted by Crippen LogP contribution is 2.45. The van der Waals surface area contributed by atoms with Gasteiger partial charge in [-0.1, -0.05) is 30.3 Å². The number of methoxy groups -OCH3 is 1. The Kier molecular flexibility index (Phi) is 7.67. The van der Waals surface area contributed by atoms with Gasteiger partial charge in [0.15, 0.2) is 0 Å². The van der Waals surface area contributed by atoms with Crippen LogP contribution in [0.3, 0.4) is 0 Å². The molecule has 1 aliphatic rings. The highest BCUT2D eigenvalue weighted by Gasteiger charge is 2.33. The van der Waals surface area contributed by atoms with E-state index in [0.717, 1.165) is 59.2 Å². The van der Waals surface area contributed by atoms with Crippen molar-refractivity contribution < 1.29 is 23.8 Å². The van der Waals surface area contributed by atoms with Gasteiger partial charge in [-0.15, -0.1) is 0 Å². The van der Waals surface area contributed by atoms with Crippen LogP contribution in [-0.4, -0.2) is 57.2 Å². The van der Waals surface area contributed by atoms with Crippen LogP contribution in [0.25, 0.3) is 21.8 Å². The van der Waals surface area contributed by atoms with Crippen molar-refractivity contribution in [2.75, 3.05) is 31.7 Å². The average molecular weight is 523 g/mol. The van der Waals surface area contributed by atoms with Gasteiger partial charge in [0, 0.05) is 23.9 Å². The molecule has 1 saturated heterocycles. The van der Waals surface area contributed by atoms with Gasteiger partial charge >= 0.3 is 7.60 Å². The minimum Gasteiger partial charge on any atom is -0.494 e. The van der Waals surface area contributed by atoms with Gasteiger partial charge in [0.1, 0.15) is 23.4 Å². The van der Waals surface area contributed by atoms with Crippen LogP contribution < -0.4 is 9.64 Å². The molecule has 4 aromatic rings. The number of anilines is 1. The van der Waals surface area contributed by atoms with Gasteiger partial charge in [-0.25, -0.2) is 9.97 Å². The van der Waals surface area contributed by atoms with Crippen molar-refractivity contribution in [3.63, 3.8) is 0 Å². The first-order chi connectivity index (χ1) is 17.9. The molecule has 2 aromatic heterocycles. The summed E-state index contributed by atoms with van der Waals surface area (Å²) in [6, 6.07) is 17.5. The smallest absolute Gasteiger partial charge is 0.330 e. The van der Waals surface area contributed by atoms with E-state index in [9.17, 15) is 14.4 Å². The average Bonchev–Trinajstić information content (AvgIpc) is 2.91. The summed E-state index contributed by atoms with van der Waals surface area (Å²) in [5, 5.41) is 1.98. The molecule has 9 nitrogen and oxygen atoms in total. The Morgan fingerprint density at radius 2 is 1.86 bits per heavy atom. The minimum absolute atomic E-state index is 0.00462. The lowest BCUT2D eigenvalue weighted by Crippen LogP contribution is -2.36. The van der Waals surface area contributed by atoms with Crippen molar-refractivity contribution in [2.45, 2.75) is 31.5 Å². The molecular weight excluding hydrogens is 491 g/mol. The molecule has 0 aliphatic carbocycles. The largest absolute Gasteiger partial charge is 0.494 e. The van der Waals surface area contributed by atoms with Crippen LogP contribution in [0.5, 0.6) is 5.75 Å². The van der Waals surface area contributed by atoms with E-state index in [2.05, 4.69) is 19.9 Å². The standard InChI is InChI=1S/C27H31N4O5P/c1-35-25-8-4-6-23-26(25)28-18-29-27(23)31-13-11-19(12-14-31)15-22(37(32,33)34)17-36-16-21-10-9-20-5-2-3-7-24(20)30-21/h2-10,18-19,22H,11-17H2,1H3,(H2,32,33,34). The predicted molar refractivity (Wildman–Crippen MR) is 143 cm³/mol. The Bertz CT molecular complexity index is 1420. The zero-order chi connectivity index (χ0) is 25.8. The lowest BCUT2D eigenvalue weighted by Gasteiger charge is -2.34. The number of hydrogen-bond acceptors (Lipinski definition) is 7. The molecule has 1 atom stereocenters. The van der Waals surface area contributed by atoms with Gasteiger partial charge in [-0.05, 0) is 49.4 Å². The molecule has 0 radical (unpaired) electrons. The van der Waals surface area contributed by atoms with Gasteiger partial charge in [0.2, 0.25) is 0 Å². The van der Waals surface area contributed by atoms with Gasteiger partial charge < -0.3 is 24.2 Å². The van der Waals surface area contributed by atoms with Crippen LogP contribution in [0, 0.1) is 5.92 Å². The van der Waals surface area contributed by atoms with Crippen LogP contribution in [-0.2, 0) is 15.9 Å². The number of piperidine rings is 1. The van der Waals surface area contributed by atoms with Gasteiger partial charge in [0.05, 0.1) is 37.2 Å². The molecule has 0 bridgehead atoms. The maximum Gasteiger partial charge on any atom is 0.330 e. The molecule has 2 N–H and O–H groups in total. The Hall–Kier alpha value is -3.10. The second-order valence-corrected chi connectivity index (χ2v) is 11.4. The van der Waals surface area contributed by atoms with Gasteiger partial charge in [-0.3, -0.25) is 9.55 Å². The van der Waals surface area contributed by atoms with Crippen molar-refractivity contribution >= 4 is 35.2 Å². The van der Waals surface area contributed by atoms with Crippen molar-refractivity contribution in [3.05, 3.63) is 66.6 Å². The second kappa shape index (κ2) is 11.1. The van der Waals surface area contributed by atoms with E-state index in [1.807, 2.05) is 54.6 Å². The second-order valence-electron chi connectivity index (χ2n) is 9.47. The van der Waals surface area contributed by atoms with E-state index >= 15 is 0 Å². The number of fused-ring (bicyclic) bond motifs is 2. The Morgan fingerprint density at radius 1 is 1.05 bits per heavy atom. The van der Waals surface area contributed by atoms with E-state index in [1.54, 1.807) is 13.4 Å². The maximum absolute atomic E-state index is 12.3. The monoisotopic (exact) mass is 522 g/mol. The summed E-state index contributed by atoms with van der Waals surface area (Å²) in [5.74, 6) is 1.76. The van der Waals surface area contributed by atoms with Crippen molar-refractivity contribution in [3.8, 4) is 5.75 Å². The number of benzene rings is 2. The molecule has 2 aromatic carbocycles. The number of rotatable bonds is 9. The third-order valence-corrected chi connectivity index (χ3v) is 8.35. The van der Waals surface area contributed by atoms with E-state index in [1.165, 1.54) is 0 Å². The van der Waals surface area contributed by atoms with Crippen molar-refractivity contribution in [1.29, 1.82) is 0 Å². The Morgan fingerprint density at radius 3 is 2.65 bits per heavy atom. The normalized spacial score (nSPS) is 15.8. The van der Waals surface area contributed by atoms with Crippen LogP contribution in [0.2, 0.25) is 0 Å². The molecule has 3 heterocycles. The van der Waals surface area contributed by atoms with E-state index in [4.69, 9.17) is 9.47 Å². The number of nitrogens with zero attached hydrogens (tertiary/aromatic N) is 4. The highest BCUT2D eigenvalue weighted by atomic mass is 31.2. The lowest BCUT2D eigenvalue weighted by atomic mass is 9.92. The summed E-state index contributed by atoms with van der Waals surface area (Å²) in [6.07, 6.45) is 3.61. The van der Waals surface area contributed by atoms with E-state index < -0.39 is 13.3 Å². The van der Waals surface area contributed by atoms with E-state index in [0.29, 0.717) is 12.2 Å². The van der Waals surface area contributed by atoms with Crippen LogP contribution in [0.1, 0.15) is 25.0 Å². The first-order valence-electron chi connectivity index (χ1n) is 12.4. The van der Waals surface area contributed by atoms with Crippen LogP contribution in [0.4, 0.5) is 5.82 Å². The maximum atomic E-state index is 12.3. The molecule has 0 amide bonds. The van der Waals surface area contributed by atoms with Crippen molar-refractivity contribution in [1.82, 2.24) is 15.0 Å². The quantitative estimate of drug-likeness (QED) is 0.305. The van der Waals surface area contributed by atoms with Gasteiger partial charge in [-0.2, -0.15) is 0 Å². The molecule has 0 spiro atoms. The molecule has 37 heavy (non-hydrogen) atoms. The Balaban J connectivity index is 1.19. The van der Waals surface area contributed by atoms with Crippen molar-refractivity contribution in [2.24, 2.45) is 5.92 Å².